The normalized spacial score (nSPS) is 18.4. The SMILES string of the molecule is Cc1ccc(N2CCCNCC2=O)s1. The van der Waals surface area contributed by atoms with Crippen LogP contribution in [0.15, 0.2) is 12.1 Å². The molecule has 1 N–H and O–H groups in total. The van der Waals surface area contributed by atoms with Crippen LogP contribution in [0.4, 0.5) is 5.00 Å². The Morgan fingerprint density at radius 3 is 3.07 bits per heavy atom. The van der Waals surface area contributed by atoms with Gasteiger partial charge in [0.1, 0.15) is 0 Å². The molecule has 0 aliphatic carbocycles. The predicted octanol–water partition coefficient (Wildman–Crippen LogP) is 1.38. The molecule has 0 radical (unpaired) electrons. The lowest BCUT2D eigenvalue weighted by atomic mass is 10.4. The van der Waals surface area contributed by atoms with Gasteiger partial charge in [0.2, 0.25) is 5.91 Å². The number of amides is 1. The molecule has 0 saturated carbocycles. The van der Waals surface area contributed by atoms with E-state index in [1.165, 1.54) is 4.88 Å². The van der Waals surface area contributed by atoms with E-state index in [1.54, 1.807) is 11.3 Å². The van der Waals surface area contributed by atoms with Gasteiger partial charge < -0.3 is 10.2 Å². The Kier molecular flexibility index (Phi) is 2.84. The molecule has 1 aliphatic rings. The number of nitrogens with one attached hydrogen (secondary N) is 1. The standard InChI is InChI=1S/C10H14N2OS/c1-8-3-4-10(14-8)12-6-2-5-11-7-9(12)13/h3-4,11H,2,5-7H2,1H3. The van der Waals surface area contributed by atoms with E-state index in [2.05, 4.69) is 18.3 Å². The first-order valence-electron chi connectivity index (χ1n) is 4.85. The van der Waals surface area contributed by atoms with Crippen molar-refractivity contribution in [1.29, 1.82) is 0 Å². The summed E-state index contributed by atoms with van der Waals surface area (Å²) in [7, 11) is 0. The summed E-state index contributed by atoms with van der Waals surface area (Å²) in [6.07, 6.45) is 1.03. The van der Waals surface area contributed by atoms with E-state index in [1.807, 2.05) is 11.0 Å². The molecule has 0 atom stereocenters. The summed E-state index contributed by atoms with van der Waals surface area (Å²) >= 11 is 1.68. The summed E-state index contributed by atoms with van der Waals surface area (Å²) in [5.41, 5.74) is 0. The molecule has 1 amide bonds. The molecule has 4 heteroatoms. The third-order valence-electron chi connectivity index (χ3n) is 2.30. The van der Waals surface area contributed by atoms with E-state index in [4.69, 9.17) is 0 Å². The number of rotatable bonds is 1. The Morgan fingerprint density at radius 1 is 1.50 bits per heavy atom. The number of carbonyl (C=O) groups excluding carboxylic acids is 1. The minimum absolute atomic E-state index is 0.185. The van der Waals surface area contributed by atoms with Crippen LogP contribution in [0.3, 0.4) is 0 Å². The van der Waals surface area contributed by atoms with Gasteiger partial charge in [0.05, 0.1) is 11.5 Å². The van der Waals surface area contributed by atoms with Crippen LogP contribution in [0, 0.1) is 6.92 Å². The van der Waals surface area contributed by atoms with Crippen molar-refractivity contribution in [3.8, 4) is 0 Å². The summed E-state index contributed by atoms with van der Waals surface area (Å²) < 4.78 is 0. The molecule has 2 heterocycles. The molecule has 0 spiro atoms. The third-order valence-corrected chi connectivity index (χ3v) is 3.33. The average molecular weight is 210 g/mol. The van der Waals surface area contributed by atoms with E-state index >= 15 is 0 Å². The topological polar surface area (TPSA) is 32.3 Å². The highest BCUT2D eigenvalue weighted by atomic mass is 32.1. The first-order valence-corrected chi connectivity index (χ1v) is 5.66. The smallest absolute Gasteiger partial charge is 0.241 e. The van der Waals surface area contributed by atoms with Crippen molar-refractivity contribution < 1.29 is 4.79 Å². The number of anilines is 1. The van der Waals surface area contributed by atoms with Gasteiger partial charge in [0.25, 0.3) is 0 Å². The highest BCUT2D eigenvalue weighted by Gasteiger charge is 2.18. The van der Waals surface area contributed by atoms with Crippen molar-refractivity contribution in [3.05, 3.63) is 17.0 Å². The maximum atomic E-state index is 11.7. The maximum absolute atomic E-state index is 11.7. The van der Waals surface area contributed by atoms with Gasteiger partial charge in [-0.1, -0.05) is 0 Å². The Balaban J connectivity index is 2.18. The Hall–Kier alpha value is -0.870. The number of hydrogen-bond donors (Lipinski definition) is 1. The van der Waals surface area contributed by atoms with Crippen LogP contribution in [-0.2, 0) is 4.79 Å². The second kappa shape index (κ2) is 4.11. The Bertz CT molecular complexity index is 335. The predicted molar refractivity (Wildman–Crippen MR) is 58.9 cm³/mol. The monoisotopic (exact) mass is 210 g/mol. The molecule has 76 valence electrons. The Morgan fingerprint density at radius 2 is 2.36 bits per heavy atom. The van der Waals surface area contributed by atoms with Crippen molar-refractivity contribution >= 4 is 22.2 Å². The lowest BCUT2D eigenvalue weighted by molar-refractivity contribution is -0.117. The molecule has 1 aromatic heterocycles. The highest BCUT2D eigenvalue weighted by molar-refractivity contribution is 7.16. The molecule has 3 nitrogen and oxygen atoms in total. The quantitative estimate of drug-likeness (QED) is 0.759. The summed E-state index contributed by atoms with van der Waals surface area (Å²) in [6, 6.07) is 4.09. The van der Waals surface area contributed by atoms with Crippen molar-refractivity contribution in [1.82, 2.24) is 5.32 Å². The van der Waals surface area contributed by atoms with Crippen molar-refractivity contribution in [2.45, 2.75) is 13.3 Å². The fourth-order valence-corrected chi connectivity index (χ4v) is 2.48. The van der Waals surface area contributed by atoms with Crippen LogP contribution in [-0.4, -0.2) is 25.5 Å². The molecule has 1 saturated heterocycles. The zero-order valence-electron chi connectivity index (χ0n) is 8.25. The van der Waals surface area contributed by atoms with E-state index in [9.17, 15) is 4.79 Å². The van der Waals surface area contributed by atoms with E-state index in [0.29, 0.717) is 6.54 Å². The van der Waals surface area contributed by atoms with Gasteiger partial charge in [-0.05, 0) is 32.0 Å². The van der Waals surface area contributed by atoms with Crippen molar-refractivity contribution in [3.63, 3.8) is 0 Å². The molecule has 1 aromatic rings. The summed E-state index contributed by atoms with van der Waals surface area (Å²) in [5.74, 6) is 0.185. The molecule has 2 rings (SSSR count). The Labute approximate surface area is 87.7 Å². The summed E-state index contributed by atoms with van der Waals surface area (Å²) in [6.45, 7) is 4.31. The van der Waals surface area contributed by atoms with Gasteiger partial charge in [-0.2, -0.15) is 0 Å². The van der Waals surface area contributed by atoms with Gasteiger partial charge in [-0.15, -0.1) is 11.3 Å². The van der Waals surface area contributed by atoms with Crippen LogP contribution < -0.4 is 10.2 Å². The lowest BCUT2D eigenvalue weighted by Gasteiger charge is -2.17. The van der Waals surface area contributed by atoms with Gasteiger partial charge in [-0.25, -0.2) is 0 Å². The van der Waals surface area contributed by atoms with E-state index in [-0.39, 0.29) is 5.91 Å². The second-order valence-electron chi connectivity index (χ2n) is 3.46. The maximum Gasteiger partial charge on any atom is 0.241 e. The van der Waals surface area contributed by atoms with Crippen molar-refractivity contribution in [2.24, 2.45) is 0 Å². The average Bonchev–Trinajstić information content (AvgIpc) is 2.46. The van der Waals surface area contributed by atoms with Crippen LogP contribution >= 0.6 is 11.3 Å². The molecular weight excluding hydrogens is 196 g/mol. The molecule has 14 heavy (non-hydrogen) atoms. The van der Waals surface area contributed by atoms with Crippen LogP contribution in [0.5, 0.6) is 0 Å². The third kappa shape index (κ3) is 1.96. The number of aryl methyl sites for hydroxylation is 1. The minimum atomic E-state index is 0.185. The van der Waals surface area contributed by atoms with Crippen molar-refractivity contribution in [2.75, 3.05) is 24.5 Å². The van der Waals surface area contributed by atoms with E-state index < -0.39 is 0 Å². The zero-order valence-corrected chi connectivity index (χ0v) is 9.06. The molecule has 1 fully saturated rings. The van der Waals surface area contributed by atoms with Gasteiger partial charge in [0.15, 0.2) is 0 Å². The number of hydrogen-bond acceptors (Lipinski definition) is 3. The second-order valence-corrected chi connectivity index (χ2v) is 4.73. The van der Waals surface area contributed by atoms with E-state index in [0.717, 1.165) is 24.5 Å². The van der Waals surface area contributed by atoms with Gasteiger partial charge in [0, 0.05) is 11.4 Å². The molecule has 0 bridgehead atoms. The van der Waals surface area contributed by atoms with Crippen LogP contribution in [0.1, 0.15) is 11.3 Å². The number of carbonyl (C=O) groups is 1. The summed E-state index contributed by atoms with van der Waals surface area (Å²) in [4.78, 5) is 14.8. The number of nitrogens with zero attached hydrogens (tertiary/aromatic N) is 1. The molecule has 0 aromatic carbocycles. The first kappa shape index (κ1) is 9.68. The van der Waals surface area contributed by atoms with Gasteiger partial charge >= 0.3 is 0 Å². The largest absolute Gasteiger partial charge is 0.308 e. The molecule has 1 aliphatic heterocycles. The molecular formula is C10H14N2OS. The summed E-state index contributed by atoms with van der Waals surface area (Å²) in [5, 5.41) is 4.20. The number of thiophene rings is 1. The first-order chi connectivity index (χ1) is 6.77. The highest BCUT2D eigenvalue weighted by Crippen LogP contribution is 2.25. The minimum Gasteiger partial charge on any atom is -0.308 e. The molecule has 0 unspecified atom stereocenters. The van der Waals surface area contributed by atoms with Gasteiger partial charge in [-0.3, -0.25) is 4.79 Å². The fourth-order valence-electron chi connectivity index (χ4n) is 1.58. The van der Waals surface area contributed by atoms with Crippen LogP contribution in [0.2, 0.25) is 0 Å². The van der Waals surface area contributed by atoms with Crippen LogP contribution in [0.25, 0.3) is 0 Å². The zero-order chi connectivity index (χ0) is 9.97. The fraction of sp³-hybridized carbons (Fsp3) is 0.500. The lowest BCUT2D eigenvalue weighted by Crippen LogP contribution is -2.34.